The Kier molecular flexibility index (Phi) is 6.45. The number of carbonyl (C=O) groups is 1. The van der Waals surface area contributed by atoms with E-state index in [1.807, 2.05) is 54.6 Å². The van der Waals surface area contributed by atoms with E-state index < -0.39 is 0 Å². The van der Waals surface area contributed by atoms with E-state index >= 15 is 0 Å². The van der Waals surface area contributed by atoms with E-state index in [0.717, 1.165) is 49.7 Å². The molecule has 0 N–H and O–H groups in total. The monoisotopic (exact) mass is 351 g/mol. The van der Waals surface area contributed by atoms with E-state index in [1.165, 1.54) is 0 Å². The smallest absolute Gasteiger partial charge is 0.185 e. The van der Waals surface area contributed by atoms with Crippen molar-refractivity contribution in [1.82, 2.24) is 0 Å². The summed E-state index contributed by atoms with van der Waals surface area (Å²) in [4.78, 5) is 14.6. The quantitative estimate of drug-likeness (QED) is 0.553. The topological polar surface area (TPSA) is 38.8 Å². The molecule has 0 spiro atoms. The molecule has 1 aliphatic rings. The van der Waals surface area contributed by atoms with Crippen LogP contribution in [0, 0.1) is 0 Å². The SMILES string of the molecule is CCCOc1ccc(/C=C\C(=O)c2ccc(N3CCOCC3)cc2)cc1. The predicted octanol–water partition coefficient (Wildman–Crippen LogP) is 4.21. The lowest BCUT2D eigenvalue weighted by Gasteiger charge is -2.28. The van der Waals surface area contributed by atoms with Gasteiger partial charge in [0.05, 0.1) is 19.8 Å². The van der Waals surface area contributed by atoms with Gasteiger partial charge in [-0.25, -0.2) is 0 Å². The number of carbonyl (C=O) groups excluding carboxylic acids is 1. The van der Waals surface area contributed by atoms with E-state index in [9.17, 15) is 4.79 Å². The third-order valence-corrected chi connectivity index (χ3v) is 4.31. The Morgan fingerprint density at radius 2 is 1.77 bits per heavy atom. The molecule has 0 radical (unpaired) electrons. The number of allylic oxidation sites excluding steroid dienone is 1. The van der Waals surface area contributed by atoms with Crippen molar-refractivity contribution >= 4 is 17.5 Å². The van der Waals surface area contributed by atoms with Crippen molar-refractivity contribution < 1.29 is 14.3 Å². The number of benzene rings is 2. The Balaban J connectivity index is 1.59. The Bertz CT molecular complexity index is 729. The summed E-state index contributed by atoms with van der Waals surface area (Å²) in [5, 5.41) is 0. The lowest BCUT2D eigenvalue weighted by Crippen LogP contribution is -2.36. The van der Waals surface area contributed by atoms with E-state index in [2.05, 4.69) is 11.8 Å². The molecule has 0 unspecified atom stereocenters. The molecule has 1 fully saturated rings. The number of hydrogen-bond acceptors (Lipinski definition) is 4. The summed E-state index contributed by atoms with van der Waals surface area (Å²) in [6.45, 7) is 6.10. The summed E-state index contributed by atoms with van der Waals surface area (Å²) in [5.41, 5.74) is 2.81. The summed E-state index contributed by atoms with van der Waals surface area (Å²) in [6, 6.07) is 15.6. The molecule has 2 aromatic carbocycles. The second-order valence-electron chi connectivity index (χ2n) is 6.26. The molecular weight excluding hydrogens is 326 g/mol. The number of rotatable bonds is 7. The highest BCUT2D eigenvalue weighted by atomic mass is 16.5. The third-order valence-electron chi connectivity index (χ3n) is 4.31. The zero-order valence-electron chi connectivity index (χ0n) is 15.2. The highest BCUT2D eigenvalue weighted by molar-refractivity contribution is 6.07. The minimum atomic E-state index is 0.00448. The number of ether oxygens (including phenoxy) is 2. The Labute approximate surface area is 155 Å². The summed E-state index contributed by atoms with van der Waals surface area (Å²) in [7, 11) is 0. The molecule has 4 nitrogen and oxygen atoms in total. The average molecular weight is 351 g/mol. The van der Waals surface area contributed by atoms with Crippen LogP contribution >= 0.6 is 0 Å². The van der Waals surface area contributed by atoms with E-state index in [1.54, 1.807) is 6.08 Å². The van der Waals surface area contributed by atoms with Gasteiger partial charge in [0.25, 0.3) is 0 Å². The number of nitrogens with zero attached hydrogens (tertiary/aromatic N) is 1. The third kappa shape index (κ3) is 4.96. The fourth-order valence-electron chi connectivity index (χ4n) is 2.82. The lowest BCUT2D eigenvalue weighted by atomic mass is 10.1. The molecule has 1 aliphatic heterocycles. The van der Waals surface area contributed by atoms with Crippen molar-refractivity contribution in [1.29, 1.82) is 0 Å². The van der Waals surface area contributed by atoms with Crippen LogP contribution in [0.5, 0.6) is 5.75 Å². The van der Waals surface area contributed by atoms with E-state index in [0.29, 0.717) is 12.2 Å². The normalized spacial score (nSPS) is 14.6. The minimum Gasteiger partial charge on any atom is -0.494 e. The molecule has 26 heavy (non-hydrogen) atoms. The van der Waals surface area contributed by atoms with Crippen LogP contribution in [0.1, 0.15) is 29.3 Å². The fourth-order valence-corrected chi connectivity index (χ4v) is 2.82. The Morgan fingerprint density at radius 3 is 2.42 bits per heavy atom. The van der Waals surface area contributed by atoms with Crippen molar-refractivity contribution in [3.05, 3.63) is 65.7 Å². The molecule has 0 amide bonds. The minimum absolute atomic E-state index is 0.00448. The molecule has 4 heteroatoms. The van der Waals surface area contributed by atoms with Crippen molar-refractivity contribution in [3.63, 3.8) is 0 Å². The number of morpholine rings is 1. The maximum Gasteiger partial charge on any atom is 0.185 e. The van der Waals surface area contributed by atoms with Gasteiger partial charge in [-0.3, -0.25) is 4.79 Å². The molecule has 2 aromatic rings. The summed E-state index contributed by atoms with van der Waals surface area (Å²) >= 11 is 0. The summed E-state index contributed by atoms with van der Waals surface area (Å²) in [6.07, 6.45) is 4.44. The number of hydrogen-bond donors (Lipinski definition) is 0. The van der Waals surface area contributed by atoms with Gasteiger partial charge in [0.2, 0.25) is 0 Å². The van der Waals surface area contributed by atoms with Crippen LogP contribution in [0.25, 0.3) is 6.08 Å². The molecule has 1 saturated heterocycles. The molecule has 1 heterocycles. The van der Waals surface area contributed by atoms with Crippen LogP contribution in [0.4, 0.5) is 5.69 Å². The van der Waals surface area contributed by atoms with Crippen LogP contribution in [0.3, 0.4) is 0 Å². The van der Waals surface area contributed by atoms with Gasteiger partial charge in [0, 0.05) is 24.3 Å². The molecule has 0 saturated carbocycles. The zero-order chi connectivity index (χ0) is 18.2. The summed E-state index contributed by atoms with van der Waals surface area (Å²) < 4.78 is 10.9. The second-order valence-corrected chi connectivity index (χ2v) is 6.26. The van der Waals surface area contributed by atoms with E-state index in [-0.39, 0.29) is 5.78 Å². The van der Waals surface area contributed by atoms with Crippen molar-refractivity contribution in [2.24, 2.45) is 0 Å². The molecular formula is C22H25NO3. The summed E-state index contributed by atoms with van der Waals surface area (Å²) in [5.74, 6) is 0.860. The Morgan fingerprint density at radius 1 is 1.08 bits per heavy atom. The average Bonchev–Trinajstić information content (AvgIpc) is 2.72. The number of anilines is 1. The van der Waals surface area contributed by atoms with Gasteiger partial charge in [0.1, 0.15) is 5.75 Å². The predicted molar refractivity (Wildman–Crippen MR) is 105 cm³/mol. The molecule has 136 valence electrons. The highest BCUT2D eigenvalue weighted by Gasteiger charge is 2.11. The molecule has 0 aromatic heterocycles. The molecule has 0 atom stereocenters. The van der Waals surface area contributed by atoms with Crippen LogP contribution < -0.4 is 9.64 Å². The first-order valence-corrected chi connectivity index (χ1v) is 9.14. The standard InChI is InChI=1S/C22H25NO3/c1-2-15-26-21-10-3-18(4-11-21)5-12-22(24)19-6-8-20(9-7-19)23-13-16-25-17-14-23/h3-12H,2,13-17H2,1H3/b12-5-. The van der Waals surface area contributed by atoms with Gasteiger partial charge in [-0.05, 0) is 54.5 Å². The first kappa shape index (κ1) is 18.2. The van der Waals surface area contributed by atoms with Crippen LogP contribution in [0.15, 0.2) is 54.6 Å². The molecule has 0 bridgehead atoms. The van der Waals surface area contributed by atoms with Gasteiger partial charge in [-0.1, -0.05) is 25.1 Å². The second kappa shape index (κ2) is 9.20. The van der Waals surface area contributed by atoms with Gasteiger partial charge < -0.3 is 14.4 Å². The first-order valence-electron chi connectivity index (χ1n) is 9.14. The van der Waals surface area contributed by atoms with Crippen LogP contribution in [-0.2, 0) is 4.74 Å². The number of ketones is 1. The van der Waals surface area contributed by atoms with Gasteiger partial charge in [-0.15, -0.1) is 0 Å². The van der Waals surface area contributed by atoms with Crippen molar-refractivity contribution in [3.8, 4) is 5.75 Å². The fraction of sp³-hybridized carbons (Fsp3) is 0.318. The maximum atomic E-state index is 12.4. The van der Waals surface area contributed by atoms with Gasteiger partial charge >= 0.3 is 0 Å². The van der Waals surface area contributed by atoms with E-state index in [4.69, 9.17) is 9.47 Å². The van der Waals surface area contributed by atoms with Gasteiger partial charge in [-0.2, -0.15) is 0 Å². The van der Waals surface area contributed by atoms with Crippen LogP contribution in [-0.4, -0.2) is 38.7 Å². The first-order chi connectivity index (χ1) is 12.8. The van der Waals surface area contributed by atoms with Gasteiger partial charge in [0.15, 0.2) is 5.78 Å². The van der Waals surface area contributed by atoms with Crippen LogP contribution in [0.2, 0.25) is 0 Å². The largest absolute Gasteiger partial charge is 0.494 e. The lowest BCUT2D eigenvalue weighted by molar-refractivity contribution is 0.104. The zero-order valence-corrected chi connectivity index (χ0v) is 15.2. The van der Waals surface area contributed by atoms with Crippen molar-refractivity contribution in [2.45, 2.75) is 13.3 Å². The highest BCUT2D eigenvalue weighted by Crippen LogP contribution is 2.18. The molecule has 3 rings (SSSR count). The Hall–Kier alpha value is -2.59. The van der Waals surface area contributed by atoms with Crippen molar-refractivity contribution in [2.75, 3.05) is 37.8 Å². The molecule has 0 aliphatic carbocycles. The maximum absolute atomic E-state index is 12.4.